The molecule has 5 heteroatoms. The molecule has 2 aromatic rings. The summed E-state index contributed by atoms with van der Waals surface area (Å²) >= 11 is 0. The molecule has 0 aliphatic carbocycles. The van der Waals surface area contributed by atoms with Crippen LogP contribution in [0.2, 0.25) is 0 Å². The van der Waals surface area contributed by atoms with Crippen LogP contribution in [0.25, 0.3) is 0 Å². The van der Waals surface area contributed by atoms with Crippen molar-refractivity contribution in [3.8, 4) is 6.07 Å². The molecule has 0 amide bonds. The molecule has 1 aromatic heterocycles. The van der Waals surface area contributed by atoms with Crippen LogP contribution in [0.3, 0.4) is 0 Å². The summed E-state index contributed by atoms with van der Waals surface area (Å²) in [4.78, 5) is 8.73. The van der Waals surface area contributed by atoms with Crippen LogP contribution in [0.1, 0.15) is 17.0 Å². The number of aliphatic imine (C=N–C) groups is 1. The first-order chi connectivity index (χ1) is 9.35. The zero-order chi connectivity index (χ0) is 13.1. The fourth-order valence-electron chi connectivity index (χ4n) is 2.04. The monoisotopic (exact) mass is 247 g/mol. The number of hydrogen-bond donors (Lipinski definition) is 0. The predicted molar refractivity (Wildman–Crippen MR) is 69.4 cm³/mol. The van der Waals surface area contributed by atoms with Gasteiger partial charge in [0.05, 0.1) is 17.8 Å². The highest BCUT2D eigenvalue weighted by molar-refractivity contribution is 5.77. The number of hydrogen-bond acceptors (Lipinski definition) is 5. The summed E-state index contributed by atoms with van der Waals surface area (Å²) in [6.45, 7) is 0. The standard InChI is InChI=1S/C14H9N5/c15-10-11-2-4-12(5-3-11)14(6-1-7-17-14)13-16-8-9-18-19-13/h1-9H. The lowest BCUT2D eigenvalue weighted by Gasteiger charge is -2.22. The lowest BCUT2D eigenvalue weighted by Crippen LogP contribution is -2.24. The van der Waals surface area contributed by atoms with E-state index < -0.39 is 5.54 Å². The quantitative estimate of drug-likeness (QED) is 0.808. The zero-order valence-corrected chi connectivity index (χ0v) is 9.93. The van der Waals surface area contributed by atoms with E-state index in [0.29, 0.717) is 11.4 Å². The zero-order valence-electron chi connectivity index (χ0n) is 9.93. The molecule has 0 spiro atoms. The molecular weight excluding hydrogens is 238 g/mol. The average molecular weight is 247 g/mol. The summed E-state index contributed by atoms with van der Waals surface area (Å²) in [5, 5.41) is 16.8. The Bertz CT molecular complexity index is 668. The minimum absolute atomic E-state index is 0.518. The Labute approximate surface area is 110 Å². The maximum absolute atomic E-state index is 8.85. The van der Waals surface area contributed by atoms with Crippen LogP contribution in [0, 0.1) is 11.3 Å². The van der Waals surface area contributed by atoms with E-state index in [4.69, 9.17) is 5.26 Å². The van der Waals surface area contributed by atoms with Crippen molar-refractivity contribution in [2.75, 3.05) is 0 Å². The minimum atomic E-state index is -0.734. The Hall–Kier alpha value is -2.87. The fraction of sp³-hybridized carbons (Fsp3) is 0.0714. The lowest BCUT2D eigenvalue weighted by atomic mass is 9.89. The van der Waals surface area contributed by atoms with Gasteiger partial charge in [-0.3, -0.25) is 4.99 Å². The SMILES string of the molecule is N#Cc1ccc(C2(c3nccnn3)C=CC=N2)cc1. The molecule has 0 saturated heterocycles. The molecule has 1 aliphatic rings. The Morgan fingerprint density at radius 3 is 2.53 bits per heavy atom. The van der Waals surface area contributed by atoms with Crippen LogP contribution in [0.5, 0.6) is 0 Å². The molecule has 1 aromatic carbocycles. The number of rotatable bonds is 2. The van der Waals surface area contributed by atoms with E-state index in [1.54, 1.807) is 24.5 Å². The van der Waals surface area contributed by atoms with E-state index in [2.05, 4.69) is 26.2 Å². The molecule has 0 bridgehead atoms. The lowest BCUT2D eigenvalue weighted by molar-refractivity contribution is 0.621. The van der Waals surface area contributed by atoms with Crippen LogP contribution >= 0.6 is 0 Å². The van der Waals surface area contributed by atoms with Gasteiger partial charge in [-0.15, -0.1) is 5.10 Å². The molecule has 2 heterocycles. The number of nitrogens with zero attached hydrogens (tertiary/aromatic N) is 5. The van der Waals surface area contributed by atoms with Crippen LogP contribution in [-0.4, -0.2) is 21.4 Å². The second-order valence-electron chi connectivity index (χ2n) is 4.06. The fourth-order valence-corrected chi connectivity index (χ4v) is 2.04. The Balaban J connectivity index is 2.14. The molecule has 1 aliphatic heterocycles. The van der Waals surface area contributed by atoms with E-state index in [1.165, 1.54) is 6.20 Å². The van der Waals surface area contributed by atoms with Gasteiger partial charge in [0.15, 0.2) is 11.4 Å². The van der Waals surface area contributed by atoms with E-state index in [9.17, 15) is 0 Å². The maximum atomic E-state index is 8.85. The molecular formula is C14H9N5. The molecule has 0 radical (unpaired) electrons. The van der Waals surface area contributed by atoms with Crippen LogP contribution in [0.4, 0.5) is 0 Å². The van der Waals surface area contributed by atoms with E-state index >= 15 is 0 Å². The van der Waals surface area contributed by atoms with Crippen molar-refractivity contribution in [2.45, 2.75) is 5.54 Å². The molecule has 0 fully saturated rings. The highest BCUT2D eigenvalue weighted by Gasteiger charge is 2.35. The van der Waals surface area contributed by atoms with Crippen LogP contribution in [0.15, 0.2) is 53.8 Å². The highest BCUT2D eigenvalue weighted by Crippen LogP contribution is 2.34. The number of allylic oxidation sites excluding steroid dienone is 1. The number of aromatic nitrogens is 3. The molecule has 0 N–H and O–H groups in total. The van der Waals surface area contributed by atoms with Crippen molar-refractivity contribution in [1.82, 2.24) is 15.2 Å². The van der Waals surface area contributed by atoms with Gasteiger partial charge in [0, 0.05) is 12.4 Å². The largest absolute Gasteiger partial charge is 0.269 e. The summed E-state index contributed by atoms with van der Waals surface area (Å²) in [6, 6.07) is 9.34. The average Bonchev–Trinajstić information content (AvgIpc) is 2.99. The van der Waals surface area contributed by atoms with Gasteiger partial charge < -0.3 is 0 Å². The summed E-state index contributed by atoms with van der Waals surface area (Å²) in [5.41, 5.74) is 0.781. The van der Waals surface area contributed by atoms with Crippen LogP contribution < -0.4 is 0 Å². The normalized spacial score (nSPS) is 20.4. The van der Waals surface area contributed by atoms with Gasteiger partial charge in [0.25, 0.3) is 0 Å². The van der Waals surface area contributed by atoms with Gasteiger partial charge in [-0.25, -0.2) is 4.98 Å². The Morgan fingerprint density at radius 2 is 1.95 bits per heavy atom. The van der Waals surface area contributed by atoms with Crippen molar-refractivity contribution in [3.05, 3.63) is 65.8 Å². The van der Waals surface area contributed by atoms with Gasteiger partial charge in [0.2, 0.25) is 0 Å². The van der Waals surface area contributed by atoms with Gasteiger partial charge >= 0.3 is 0 Å². The van der Waals surface area contributed by atoms with Crippen molar-refractivity contribution in [1.29, 1.82) is 5.26 Å². The first kappa shape index (κ1) is 11.2. The second-order valence-corrected chi connectivity index (χ2v) is 4.06. The van der Waals surface area contributed by atoms with E-state index in [-0.39, 0.29) is 0 Å². The molecule has 90 valence electrons. The van der Waals surface area contributed by atoms with Crippen LogP contribution in [-0.2, 0) is 5.54 Å². The smallest absolute Gasteiger partial charge is 0.187 e. The van der Waals surface area contributed by atoms with Crippen molar-refractivity contribution < 1.29 is 0 Å². The predicted octanol–water partition coefficient (Wildman–Crippen LogP) is 1.63. The minimum Gasteiger partial charge on any atom is -0.269 e. The van der Waals surface area contributed by atoms with Crippen molar-refractivity contribution >= 4 is 6.21 Å². The van der Waals surface area contributed by atoms with Gasteiger partial charge in [-0.1, -0.05) is 12.1 Å². The Morgan fingerprint density at radius 1 is 1.11 bits per heavy atom. The third-order valence-electron chi connectivity index (χ3n) is 2.98. The van der Waals surface area contributed by atoms with Crippen molar-refractivity contribution in [3.63, 3.8) is 0 Å². The molecule has 3 rings (SSSR count). The third-order valence-corrected chi connectivity index (χ3v) is 2.98. The van der Waals surface area contributed by atoms with E-state index in [0.717, 1.165) is 5.56 Å². The van der Waals surface area contributed by atoms with Gasteiger partial charge in [-0.05, 0) is 29.8 Å². The van der Waals surface area contributed by atoms with Gasteiger partial charge in [0.1, 0.15) is 0 Å². The summed E-state index contributed by atoms with van der Waals surface area (Å²) in [6.07, 6.45) is 8.61. The third kappa shape index (κ3) is 1.79. The molecule has 1 atom stereocenters. The second kappa shape index (κ2) is 4.42. The Kier molecular flexibility index (Phi) is 2.62. The summed E-state index contributed by atoms with van der Waals surface area (Å²) in [7, 11) is 0. The van der Waals surface area contributed by atoms with Crippen molar-refractivity contribution in [2.24, 2.45) is 4.99 Å². The number of nitriles is 1. The molecule has 19 heavy (non-hydrogen) atoms. The molecule has 1 unspecified atom stereocenters. The van der Waals surface area contributed by atoms with E-state index in [1.807, 2.05) is 24.3 Å². The summed E-state index contributed by atoms with van der Waals surface area (Å²) < 4.78 is 0. The first-order valence-electron chi connectivity index (χ1n) is 5.73. The summed E-state index contributed by atoms with van der Waals surface area (Å²) in [5.74, 6) is 0.518. The number of benzene rings is 1. The first-order valence-corrected chi connectivity index (χ1v) is 5.73. The topological polar surface area (TPSA) is 74.8 Å². The molecule has 5 nitrogen and oxygen atoms in total. The van der Waals surface area contributed by atoms with Gasteiger partial charge in [-0.2, -0.15) is 10.4 Å². The highest BCUT2D eigenvalue weighted by atomic mass is 15.2. The maximum Gasteiger partial charge on any atom is 0.187 e. The molecule has 0 saturated carbocycles.